The van der Waals surface area contributed by atoms with Gasteiger partial charge in [0.05, 0.1) is 0 Å². The summed E-state index contributed by atoms with van der Waals surface area (Å²) in [6, 6.07) is 0. The second-order valence-electron chi connectivity index (χ2n) is 3.36. The number of nitrogens with zero attached hydrogens (tertiary/aromatic N) is 2. The molecule has 11 heavy (non-hydrogen) atoms. The zero-order valence-corrected chi connectivity index (χ0v) is 7.05. The van der Waals surface area contributed by atoms with Gasteiger partial charge in [0, 0.05) is 32.7 Å². The van der Waals surface area contributed by atoms with Crippen LogP contribution >= 0.6 is 0 Å². The highest BCUT2D eigenvalue weighted by Gasteiger charge is 2.21. The average Bonchev–Trinajstić information content (AvgIpc) is 2.12. The van der Waals surface area contributed by atoms with Crippen molar-refractivity contribution in [3.8, 4) is 0 Å². The number of rotatable bonds is 1. The summed E-state index contributed by atoms with van der Waals surface area (Å²) in [6.45, 7) is 7.41. The van der Waals surface area contributed by atoms with Gasteiger partial charge in [0.25, 0.3) is 0 Å². The molecule has 1 N–H and O–H groups in total. The average molecular weight is 155 g/mol. The Balaban J connectivity index is 1.80. The van der Waals surface area contributed by atoms with Gasteiger partial charge in [0.15, 0.2) is 0 Å². The van der Waals surface area contributed by atoms with E-state index in [0.29, 0.717) is 0 Å². The first-order valence-corrected chi connectivity index (χ1v) is 4.67. The van der Waals surface area contributed by atoms with Gasteiger partial charge in [-0.2, -0.15) is 0 Å². The lowest BCUT2D eigenvalue weighted by Crippen LogP contribution is -2.51. The van der Waals surface area contributed by atoms with Crippen LogP contribution in [0.1, 0.15) is 12.8 Å². The standard InChI is InChI=1S/C8H17N3/c1-3-9-4-8-11(5-1)10-6-2-7-10/h9H,1-8H2. The predicted octanol–water partition coefficient (Wildman–Crippen LogP) is -0.0976. The topological polar surface area (TPSA) is 18.5 Å². The minimum absolute atomic E-state index is 1.16. The fourth-order valence-corrected chi connectivity index (χ4v) is 1.70. The molecule has 3 heteroatoms. The summed E-state index contributed by atoms with van der Waals surface area (Å²) in [6.07, 6.45) is 2.69. The van der Waals surface area contributed by atoms with E-state index in [1.165, 1.54) is 45.6 Å². The van der Waals surface area contributed by atoms with Crippen LogP contribution in [-0.4, -0.2) is 49.3 Å². The lowest BCUT2D eigenvalue weighted by molar-refractivity contribution is -0.0674. The summed E-state index contributed by atoms with van der Waals surface area (Å²) >= 11 is 0. The molecule has 2 heterocycles. The highest BCUT2D eigenvalue weighted by Crippen LogP contribution is 2.10. The number of nitrogens with one attached hydrogen (secondary N) is 1. The van der Waals surface area contributed by atoms with Crippen LogP contribution in [0.15, 0.2) is 0 Å². The van der Waals surface area contributed by atoms with E-state index in [0.717, 1.165) is 6.54 Å². The summed E-state index contributed by atoms with van der Waals surface area (Å²) < 4.78 is 0. The van der Waals surface area contributed by atoms with Gasteiger partial charge in [-0.1, -0.05) is 0 Å². The first-order valence-electron chi connectivity index (χ1n) is 4.67. The molecule has 3 nitrogen and oxygen atoms in total. The van der Waals surface area contributed by atoms with Crippen molar-refractivity contribution >= 4 is 0 Å². The maximum absolute atomic E-state index is 3.41. The van der Waals surface area contributed by atoms with Crippen molar-refractivity contribution in [2.75, 3.05) is 39.3 Å². The maximum Gasteiger partial charge on any atom is 0.0258 e. The lowest BCUT2D eigenvalue weighted by Gasteiger charge is -2.40. The zero-order chi connectivity index (χ0) is 7.52. The molecule has 0 spiro atoms. The Labute approximate surface area is 68.3 Å². The minimum Gasteiger partial charge on any atom is -0.315 e. The van der Waals surface area contributed by atoms with E-state index in [4.69, 9.17) is 0 Å². The van der Waals surface area contributed by atoms with Gasteiger partial charge in [-0.25, -0.2) is 10.0 Å². The Hall–Kier alpha value is -0.120. The quantitative estimate of drug-likeness (QED) is 0.570. The third kappa shape index (κ3) is 1.72. The molecule has 0 aromatic carbocycles. The number of hydrogen-bond donors (Lipinski definition) is 1. The van der Waals surface area contributed by atoms with E-state index >= 15 is 0 Å². The third-order valence-corrected chi connectivity index (χ3v) is 2.55. The van der Waals surface area contributed by atoms with Crippen molar-refractivity contribution in [2.45, 2.75) is 12.8 Å². The smallest absolute Gasteiger partial charge is 0.0258 e. The van der Waals surface area contributed by atoms with E-state index in [1.807, 2.05) is 0 Å². The van der Waals surface area contributed by atoms with Gasteiger partial charge in [-0.15, -0.1) is 0 Å². The Morgan fingerprint density at radius 1 is 0.727 bits per heavy atom. The minimum atomic E-state index is 1.16. The maximum atomic E-state index is 3.41. The first-order chi connectivity index (χ1) is 5.47. The van der Waals surface area contributed by atoms with Crippen molar-refractivity contribution in [3.05, 3.63) is 0 Å². The fraction of sp³-hybridized carbons (Fsp3) is 1.00. The molecular formula is C8H17N3. The van der Waals surface area contributed by atoms with Gasteiger partial charge >= 0.3 is 0 Å². The van der Waals surface area contributed by atoms with Crippen molar-refractivity contribution in [2.24, 2.45) is 0 Å². The Bertz CT molecular complexity index is 115. The van der Waals surface area contributed by atoms with Gasteiger partial charge < -0.3 is 5.32 Å². The largest absolute Gasteiger partial charge is 0.315 e. The molecule has 64 valence electrons. The molecule has 2 saturated heterocycles. The third-order valence-electron chi connectivity index (χ3n) is 2.55. The molecule has 0 atom stereocenters. The molecule has 2 rings (SSSR count). The summed E-state index contributed by atoms with van der Waals surface area (Å²) in [5.74, 6) is 0. The van der Waals surface area contributed by atoms with E-state index in [1.54, 1.807) is 0 Å². The van der Waals surface area contributed by atoms with Gasteiger partial charge in [0.2, 0.25) is 0 Å². The molecule has 2 aliphatic rings. The van der Waals surface area contributed by atoms with Crippen molar-refractivity contribution < 1.29 is 0 Å². The van der Waals surface area contributed by atoms with E-state index < -0.39 is 0 Å². The molecule has 0 bridgehead atoms. The Morgan fingerprint density at radius 2 is 1.45 bits per heavy atom. The molecule has 2 fully saturated rings. The normalized spacial score (nSPS) is 29.5. The molecule has 0 aliphatic carbocycles. The van der Waals surface area contributed by atoms with Crippen LogP contribution in [0.5, 0.6) is 0 Å². The van der Waals surface area contributed by atoms with E-state index in [9.17, 15) is 0 Å². The molecule has 0 aromatic rings. The van der Waals surface area contributed by atoms with Crippen LogP contribution in [0.25, 0.3) is 0 Å². The molecule has 0 radical (unpaired) electrons. The highest BCUT2D eigenvalue weighted by atomic mass is 15.6. The van der Waals surface area contributed by atoms with E-state index in [-0.39, 0.29) is 0 Å². The van der Waals surface area contributed by atoms with Gasteiger partial charge in [-0.3, -0.25) is 0 Å². The predicted molar refractivity (Wildman–Crippen MR) is 45.2 cm³/mol. The summed E-state index contributed by atoms with van der Waals surface area (Å²) in [5.41, 5.74) is 0. The second kappa shape index (κ2) is 3.52. The van der Waals surface area contributed by atoms with Crippen molar-refractivity contribution in [1.82, 2.24) is 15.3 Å². The molecule has 0 unspecified atom stereocenters. The Kier molecular flexibility index (Phi) is 2.41. The summed E-state index contributed by atoms with van der Waals surface area (Å²) in [4.78, 5) is 0. The van der Waals surface area contributed by atoms with Crippen molar-refractivity contribution in [3.63, 3.8) is 0 Å². The summed E-state index contributed by atoms with van der Waals surface area (Å²) in [5, 5.41) is 8.39. The number of hydrazine groups is 1. The second-order valence-corrected chi connectivity index (χ2v) is 3.36. The highest BCUT2D eigenvalue weighted by molar-refractivity contribution is 4.70. The fourth-order valence-electron chi connectivity index (χ4n) is 1.70. The van der Waals surface area contributed by atoms with Crippen LogP contribution in [-0.2, 0) is 0 Å². The van der Waals surface area contributed by atoms with Crippen LogP contribution in [0.4, 0.5) is 0 Å². The van der Waals surface area contributed by atoms with Crippen LogP contribution in [0.2, 0.25) is 0 Å². The SMILES string of the molecule is C1CN(N2CCCNCC2)C1. The molecule has 0 aromatic heterocycles. The number of hydrogen-bond acceptors (Lipinski definition) is 3. The molecular weight excluding hydrogens is 138 g/mol. The first kappa shape index (κ1) is 7.53. The zero-order valence-electron chi connectivity index (χ0n) is 7.05. The molecule has 0 amide bonds. The molecule has 2 aliphatic heterocycles. The van der Waals surface area contributed by atoms with Crippen molar-refractivity contribution in [1.29, 1.82) is 0 Å². The van der Waals surface area contributed by atoms with Crippen LogP contribution < -0.4 is 5.32 Å². The van der Waals surface area contributed by atoms with Gasteiger partial charge in [0.1, 0.15) is 0 Å². The monoisotopic (exact) mass is 155 g/mol. The van der Waals surface area contributed by atoms with Gasteiger partial charge in [-0.05, 0) is 19.4 Å². The molecule has 0 saturated carbocycles. The van der Waals surface area contributed by atoms with Crippen LogP contribution in [0.3, 0.4) is 0 Å². The van der Waals surface area contributed by atoms with E-state index in [2.05, 4.69) is 15.3 Å². The summed E-state index contributed by atoms with van der Waals surface area (Å²) in [7, 11) is 0. The Morgan fingerprint density at radius 3 is 2.18 bits per heavy atom. The lowest BCUT2D eigenvalue weighted by atomic mass is 10.3. The van der Waals surface area contributed by atoms with Crippen LogP contribution in [0, 0.1) is 0 Å².